The van der Waals surface area contributed by atoms with Crippen molar-refractivity contribution in [3.8, 4) is 0 Å². The highest BCUT2D eigenvalue weighted by molar-refractivity contribution is 5.70. The van der Waals surface area contributed by atoms with Gasteiger partial charge in [0, 0.05) is 13.0 Å². The predicted octanol–water partition coefficient (Wildman–Crippen LogP) is -0.618. The summed E-state index contributed by atoms with van der Waals surface area (Å²) in [6, 6.07) is 0. The molecule has 1 heterocycles. The molecule has 0 radical (unpaired) electrons. The van der Waals surface area contributed by atoms with Crippen LogP contribution in [0.2, 0.25) is 0 Å². The highest BCUT2D eigenvalue weighted by atomic mass is 16.4. The van der Waals surface area contributed by atoms with E-state index >= 15 is 0 Å². The molecular weight excluding hydrogens is 184 g/mol. The zero-order valence-corrected chi connectivity index (χ0v) is 7.84. The number of rotatable bonds is 4. The summed E-state index contributed by atoms with van der Waals surface area (Å²) in [5.41, 5.74) is 5.92. The first kappa shape index (κ1) is 10.5. The van der Waals surface area contributed by atoms with Crippen molar-refractivity contribution in [2.24, 2.45) is 11.7 Å². The van der Waals surface area contributed by atoms with Crippen LogP contribution in [0.1, 0.15) is 11.5 Å². The smallest absolute Gasteiger partial charge is 0.308 e. The summed E-state index contributed by atoms with van der Waals surface area (Å²) in [7, 11) is 0. The van der Waals surface area contributed by atoms with Crippen molar-refractivity contribution in [2.75, 3.05) is 6.54 Å². The summed E-state index contributed by atoms with van der Waals surface area (Å²) in [6.45, 7) is 1.80. The molecule has 6 nitrogen and oxygen atoms in total. The zero-order chi connectivity index (χ0) is 10.6. The van der Waals surface area contributed by atoms with E-state index in [1.807, 2.05) is 0 Å². The number of nitrogens with two attached hydrogens (primary N) is 1. The molecule has 0 aromatic carbocycles. The minimum absolute atomic E-state index is 0.0956. The first-order valence-electron chi connectivity index (χ1n) is 4.21. The molecule has 0 aliphatic heterocycles. The monoisotopic (exact) mass is 196 g/mol. The fourth-order valence-electron chi connectivity index (χ4n) is 1.06. The van der Waals surface area contributed by atoms with Gasteiger partial charge in [-0.15, -0.1) is 5.10 Å². The highest BCUT2D eigenvalue weighted by Gasteiger charge is 2.16. The lowest BCUT2D eigenvalue weighted by atomic mass is 10.0. The van der Waals surface area contributed by atoms with Crippen molar-refractivity contribution < 1.29 is 9.90 Å². The maximum Gasteiger partial charge on any atom is 0.308 e. The zero-order valence-electron chi connectivity index (χ0n) is 7.84. The molecular formula is C8H12N4O2. The van der Waals surface area contributed by atoms with E-state index in [4.69, 9.17) is 10.8 Å². The third kappa shape index (κ3) is 2.74. The van der Waals surface area contributed by atoms with Crippen LogP contribution in [-0.2, 0) is 11.2 Å². The van der Waals surface area contributed by atoms with Gasteiger partial charge in [-0.05, 0) is 6.92 Å². The Kier molecular flexibility index (Phi) is 3.47. The summed E-state index contributed by atoms with van der Waals surface area (Å²) >= 11 is 0. The molecule has 3 N–H and O–H groups in total. The Labute approximate surface area is 81.2 Å². The van der Waals surface area contributed by atoms with Crippen LogP contribution in [0, 0.1) is 12.8 Å². The van der Waals surface area contributed by atoms with Gasteiger partial charge >= 0.3 is 5.97 Å². The Hall–Kier alpha value is -1.56. The first-order chi connectivity index (χ1) is 6.63. The maximum atomic E-state index is 10.7. The van der Waals surface area contributed by atoms with Crippen LogP contribution in [0.3, 0.4) is 0 Å². The highest BCUT2D eigenvalue weighted by Crippen LogP contribution is 2.04. The predicted molar refractivity (Wildman–Crippen MR) is 48.4 cm³/mol. The second kappa shape index (κ2) is 4.61. The quantitative estimate of drug-likeness (QED) is 0.665. The number of carboxylic acids is 1. The van der Waals surface area contributed by atoms with Gasteiger partial charge in [-0.1, -0.05) is 0 Å². The van der Waals surface area contributed by atoms with Gasteiger partial charge in [-0.2, -0.15) is 5.10 Å². The molecule has 0 amide bonds. The van der Waals surface area contributed by atoms with Gasteiger partial charge in [0.05, 0.1) is 17.8 Å². The lowest BCUT2D eigenvalue weighted by Crippen LogP contribution is -2.25. The van der Waals surface area contributed by atoms with Gasteiger partial charge in [0.25, 0.3) is 0 Å². The average Bonchev–Trinajstić information content (AvgIpc) is 2.14. The molecule has 1 aromatic rings. The van der Waals surface area contributed by atoms with E-state index in [1.54, 1.807) is 6.92 Å². The molecule has 0 spiro atoms. The first-order valence-corrected chi connectivity index (χ1v) is 4.21. The molecule has 6 heteroatoms. The number of aryl methyl sites for hydroxylation is 1. The van der Waals surface area contributed by atoms with Crippen molar-refractivity contribution in [1.29, 1.82) is 0 Å². The Bertz CT molecular complexity index is 329. The molecule has 1 rings (SSSR count). The molecule has 1 atom stereocenters. The number of carbonyl (C=O) groups is 1. The van der Waals surface area contributed by atoms with Crippen LogP contribution in [0.15, 0.2) is 6.20 Å². The topological polar surface area (TPSA) is 102 Å². The standard InChI is InChI=1S/C8H12N4O2/c1-5-11-7(4-10-12-5)2-6(3-9)8(13)14/h4,6H,2-3,9H2,1H3,(H,13,14). The molecule has 0 bridgehead atoms. The number of hydrogen-bond acceptors (Lipinski definition) is 5. The molecule has 1 unspecified atom stereocenters. The number of aromatic nitrogens is 3. The molecule has 0 saturated carbocycles. The van der Waals surface area contributed by atoms with E-state index in [1.165, 1.54) is 6.20 Å². The number of carboxylic acid groups (broad SMARTS) is 1. The van der Waals surface area contributed by atoms with E-state index in [-0.39, 0.29) is 6.54 Å². The number of aliphatic carboxylic acids is 1. The summed E-state index contributed by atoms with van der Waals surface area (Å²) < 4.78 is 0. The van der Waals surface area contributed by atoms with E-state index < -0.39 is 11.9 Å². The SMILES string of the molecule is Cc1nncc(CC(CN)C(=O)O)n1. The Morgan fingerprint density at radius 3 is 2.93 bits per heavy atom. The molecule has 0 fully saturated rings. The van der Waals surface area contributed by atoms with Gasteiger partial charge in [0.1, 0.15) is 5.82 Å². The second-order valence-electron chi connectivity index (χ2n) is 2.97. The van der Waals surface area contributed by atoms with E-state index in [0.717, 1.165) is 0 Å². The van der Waals surface area contributed by atoms with Gasteiger partial charge in [-0.3, -0.25) is 4.79 Å². The van der Waals surface area contributed by atoms with E-state index in [9.17, 15) is 4.79 Å². The molecule has 0 saturated heterocycles. The van der Waals surface area contributed by atoms with E-state index in [0.29, 0.717) is 17.9 Å². The summed E-state index contributed by atoms with van der Waals surface area (Å²) in [6.07, 6.45) is 1.75. The fraction of sp³-hybridized carbons (Fsp3) is 0.500. The van der Waals surface area contributed by atoms with Crippen LogP contribution in [0.4, 0.5) is 0 Å². The lowest BCUT2D eigenvalue weighted by molar-refractivity contribution is -0.141. The normalized spacial score (nSPS) is 12.4. The molecule has 1 aromatic heterocycles. The minimum Gasteiger partial charge on any atom is -0.481 e. The van der Waals surface area contributed by atoms with Crippen molar-refractivity contribution >= 4 is 5.97 Å². The Morgan fingerprint density at radius 2 is 2.43 bits per heavy atom. The summed E-state index contributed by atoms with van der Waals surface area (Å²) in [4.78, 5) is 14.7. The van der Waals surface area contributed by atoms with Gasteiger partial charge in [0.2, 0.25) is 0 Å². The largest absolute Gasteiger partial charge is 0.481 e. The van der Waals surface area contributed by atoms with Crippen LogP contribution in [-0.4, -0.2) is 32.8 Å². The van der Waals surface area contributed by atoms with Crippen molar-refractivity contribution in [3.63, 3.8) is 0 Å². The Morgan fingerprint density at radius 1 is 1.71 bits per heavy atom. The molecule has 0 aliphatic rings. The van der Waals surface area contributed by atoms with Crippen molar-refractivity contribution in [1.82, 2.24) is 15.2 Å². The summed E-state index contributed by atoms with van der Waals surface area (Å²) in [5.74, 6) is -0.987. The molecule has 14 heavy (non-hydrogen) atoms. The van der Waals surface area contributed by atoms with Crippen LogP contribution >= 0.6 is 0 Å². The van der Waals surface area contributed by atoms with Crippen LogP contribution < -0.4 is 5.73 Å². The Balaban J connectivity index is 2.72. The van der Waals surface area contributed by atoms with Gasteiger partial charge in [0.15, 0.2) is 0 Å². The number of nitrogens with zero attached hydrogens (tertiary/aromatic N) is 3. The average molecular weight is 196 g/mol. The molecule has 0 aliphatic carbocycles. The fourth-order valence-corrected chi connectivity index (χ4v) is 1.06. The maximum absolute atomic E-state index is 10.7. The van der Waals surface area contributed by atoms with Crippen molar-refractivity contribution in [3.05, 3.63) is 17.7 Å². The second-order valence-corrected chi connectivity index (χ2v) is 2.97. The van der Waals surface area contributed by atoms with E-state index in [2.05, 4.69) is 15.2 Å². The third-order valence-electron chi connectivity index (χ3n) is 1.80. The van der Waals surface area contributed by atoms with Gasteiger partial charge in [-0.25, -0.2) is 4.98 Å². The minimum atomic E-state index is -0.913. The summed E-state index contributed by atoms with van der Waals surface area (Å²) in [5, 5.41) is 16.1. The van der Waals surface area contributed by atoms with Crippen LogP contribution in [0.5, 0.6) is 0 Å². The molecule has 76 valence electrons. The van der Waals surface area contributed by atoms with Crippen molar-refractivity contribution in [2.45, 2.75) is 13.3 Å². The third-order valence-corrected chi connectivity index (χ3v) is 1.80. The van der Waals surface area contributed by atoms with Crippen LogP contribution in [0.25, 0.3) is 0 Å². The lowest BCUT2D eigenvalue weighted by Gasteiger charge is -2.07. The number of hydrogen-bond donors (Lipinski definition) is 2. The van der Waals surface area contributed by atoms with Gasteiger partial charge < -0.3 is 10.8 Å².